The number of halogens is 1. The highest BCUT2D eigenvalue weighted by molar-refractivity contribution is 6.17. The largest absolute Gasteiger partial charge is 0.349 e. The summed E-state index contributed by atoms with van der Waals surface area (Å²) in [6.45, 7) is 6.11. The van der Waals surface area contributed by atoms with Crippen molar-refractivity contribution in [1.82, 2.24) is 5.32 Å². The number of alkyl halides is 1. The van der Waals surface area contributed by atoms with Crippen LogP contribution in [0.25, 0.3) is 0 Å². The number of rotatable bonds is 5. The first-order chi connectivity index (χ1) is 8.08. The summed E-state index contributed by atoms with van der Waals surface area (Å²) in [6, 6.07) is 5.94. The Bertz CT molecular complexity index is 390. The SMILES string of the molecule is CCC(CCCl)NC(=O)c1ccc(C)c(C)c1. The van der Waals surface area contributed by atoms with Crippen LogP contribution >= 0.6 is 11.6 Å². The highest BCUT2D eigenvalue weighted by Crippen LogP contribution is 2.10. The van der Waals surface area contributed by atoms with Gasteiger partial charge in [-0.15, -0.1) is 11.6 Å². The van der Waals surface area contributed by atoms with Gasteiger partial charge in [0.15, 0.2) is 0 Å². The number of carbonyl (C=O) groups excluding carboxylic acids is 1. The molecule has 1 unspecified atom stereocenters. The number of amides is 1. The number of aryl methyl sites for hydroxylation is 2. The maximum atomic E-state index is 12.0. The summed E-state index contributed by atoms with van der Waals surface area (Å²) < 4.78 is 0. The van der Waals surface area contributed by atoms with Crippen molar-refractivity contribution in [1.29, 1.82) is 0 Å². The molecular formula is C14H20ClNO. The first kappa shape index (κ1) is 14.0. The van der Waals surface area contributed by atoms with Crippen LogP contribution < -0.4 is 5.32 Å². The molecule has 0 aliphatic heterocycles. The van der Waals surface area contributed by atoms with Crippen LogP contribution in [0.2, 0.25) is 0 Å². The van der Waals surface area contributed by atoms with Gasteiger partial charge in [0.05, 0.1) is 0 Å². The van der Waals surface area contributed by atoms with Gasteiger partial charge in [-0.25, -0.2) is 0 Å². The minimum atomic E-state index is -0.00920. The zero-order valence-electron chi connectivity index (χ0n) is 10.7. The van der Waals surface area contributed by atoms with Crippen molar-refractivity contribution in [3.05, 3.63) is 34.9 Å². The Kier molecular flexibility index (Phi) is 5.49. The van der Waals surface area contributed by atoms with Crippen LogP contribution in [0, 0.1) is 13.8 Å². The molecule has 0 radical (unpaired) electrons. The average molecular weight is 254 g/mol. The first-order valence-corrected chi connectivity index (χ1v) is 6.56. The van der Waals surface area contributed by atoms with Gasteiger partial charge < -0.3 is 5.32 Å². The third-order valence-electron chi connectivity index (χ3n) is 3.05. The summed E-state index contributed by atoms with van der Waals surface area (Å²) in [5.74, 6) is 0.566. The predicted molar refractivity (Wildman–Crippen MR) is 72.8 cm³/mol. The Morgan fingerprint density at radius 1 is 1.35 bits per heavy atom. The minimum Gasteiger partial charge on any atom is -0.349 e. The fraction of sp³-hybridized carbons (Fsp3) is 0.500. The zero-order chi connectivity index (χ0) is 12.8. The molecule has 0 saturated heterocycles. The highest BCUT2D eigenvalue weighted by atomic mass is 35.5. The molecule has 1 aromatic rings. The van der Waals surface area contributed by atoms with E-state index in [-0.39, 0.29) is 11.9 Å². The van der Waals surface area contributed by atoms with Crippen molar-refractivity contribution < 1.29 is 4.79 Å². The lowest BCUT2D eigenvalue weighted by Crippen LogP contribution is -2.34. The lowest BCUT2D eigenvalue weighted by molar-refractivity contribution is 0.0935. The van der Waals surface area contributed by atoms with E-state index in [1.165, 1.54) is 5.56 Å². The van der Waals surface area contributed by atoms with Gasteiger partial charge in [0, 0.05) is 17.5 Å². The highest BCUT2D eigenvalue weighted by Gasteiger charge is 2.11. The summed E-state index contributed by atoms with van der Waals surface area (Å²) >= 11 is 5.70. The number of carbonyl (C=O) groups is 1. The molecule has 0 fully saturated rings. The van der Waals surface area contributed by atoms with Gasteiger partial charge in [0.25, 0.3) is 5.91 Å². The topological polar surface area (TPSA) is 29.1 Å². The van der Waals surface area contributed by atoms with E-state index in [1.807, 2.05) is 32.0 Å². The molecule has 0 aliphatic carbocycles. The Morgan fingerprint density at radius 2 is 2.06 bits per heavy atom. The summed E-state index contributed by atoms with van der Waals surface area (Å²) in [7, 11) is 0. The van der Waals surface area contributed by atoms with E-state index < -0.39 is 0 Å². The minimum absolute atomic E-state index is 0.00920. The summed E-state index contributed by atoms with van der Waals surface area (Å²) in [4.78, 5) is 12.0. The Hall–Kier alpha value is -1.02. The van der Waals surface area contributed by atoms with Crippen molar-refractivity contribution in [3.8, 4) is 0 Å². The van der Waals surface area contributed by atoms with E-state index in [9.17, 15) is 4.79 Å². The molecule has 0 aromatic heterocycles. The fourth-order valence-corrected chi connectivity index (χ4v) is 1.92. The third kappa shape index (κ3) is 4.04. The molecule has 0 saturated carbocycles. The Balaban J connectivity index is 2.72. The van der Waals surface area contributed by atoms with Crippen LogP contribution in [0.1, 0.15) is 41.3 Å². The predicted octanol–water partition coefficient (Wildman–Crippen LogP) is 3.44. The van der Waals surface area contributed by atoms with Crippen LogP contribution in [-0.2, 0) is 0 Å². The molecule has 1 atom stereocenters. The quantitative estimate of drug-likeness (QED) is 0.801. The number of hydrogen-bond donors (Lipinski definition) is 1. The monoisotopic (exact) mass is 253 g/mol. The first-order valence-electron chi connectivity index (χ1n) is 6.02. The van der Waals surface area contributed by atoms with Crippen LogP contribution in [0.3, 0.4) is 0 Å². The average Bonchev–Trinajstić information content (AvgIpc) is 2.31. The molecule has 1 rings (SSSR count). The van der Waals surface area contributed by atoms with E-state index in [1.54, 1.807) is 0 Å². The molecule has 1 amide bonds. The van der Waals surface area contributed by atoms with Gasteiger partial charge in [0.2, 0.25) is 0 Å². The van der Waals surface area contributed by atoms with Gasteiger partial charge in [-0.1, -0.05) is 13.0 Å². The number of nitrogens with one attached hydrogen (secondary N) is 1. The second kappa shape index (κ2) is 6.65. The van der Waals surface area contributed by atoms with E-state index >= 15 is 0 Å². The Morgan fingerprint density at radius 3 is 2.59 bits per heavy atom. The van der Waals surface area contributed by atoms with E-state index in [2.05, 4.69) is 12.2 Å². The van der Waals surface area contributed by atoms with E-state index in [0.717, 1.165) is 24.0 Å². The van der Waals surface area contributed by atoms with Crippen LogP contribution in [0.15, 0.2) is 18.2 Å². The molecule has 17 heavy (non-hydrogen) atoms. The molecule has 3 heteroatoms. The van der Waals surface area contributed by atoms with Crippen molar-refractivity contribution in [2.45, 2.75) is 39.7 Å². The Labute approximate surface area is 108 Å². The third-order valence-corrected chi connectivity index (χ3v) is 3.27. The molecule has 1 aromatic carbocycles. The van der Waals surface area contributed by atoms with Gasteiger partial charge in [-0.3, -0.25) is 4.79 Å². The molecule has 1 N–H and O–H groups in total. The lowest BCUT2D eigenvalue weighted by atomic mass is 10.1. The molecule has 0 bridgehead atoms. The second-order valence-corrected chi connectivity index (χ2v) is 4.73. The van der Waals surface area contributed by atoms with E-state index in [0.29, 0.717) is 5.88 Å². The molecule has 94 valence electrons. The van der Waals surface area contributed by atoms with Gasteiger partial charge in [0.1, 0.15) is 0 Å². The second-order valence-electron chi connectivity index (χ2n) is 4.36. The van der Waals surface area contributed by atoms with Gasteiger partial charge in [-0.05, 0) is 49.9 Å². The molecule has 0 spiro atoms. The smallest absolute Gasteiger partial charge is 0.251 e. The lowest BCUT2D eigenvalue weighted by Gasteiger charge is -2.16. The van der Waals surface area contributed by atoms with Crippen LogP contribution in [0.4, 0.5) is 0 Å². The maximum Gasteiger partial charge on any atom is 0.251 e. The van der Waals surface area contributed by atoms with Crippen molar-refractivity contribution in [3.63, 3.8) is 0 Å². The van der Waals surface area contributed by atoms with Gasteiger partial charge in [-0.2, -0.15) is 0 Å². The molecule has 0 heterocycles. The molecule has 2 nitrogen and oxygen atoms in total. The van der Waals surface area contributed by atoms with Gasteiger partial charge >= 0.3 is 0 Å². The van der Waals surface area contributed by atoms with E-state index in [4.69, 9.17) is 11.6 Å². The summed E-state index contributed by atoms with van der Waals surface area (Å²) in [5, 5.41) is 3.01. The van der Waals surface area contributed by atoms with Crippen molar-refractivity contribution in [2.75, 3.05) is 5.88 Å². The standard InChI is InChI=1S/C14H20ClNO/c1-4-13(7-8-15)16-14(17)12-6-5-10(2)11(3)9-12/h5-6,9,13H,4,7-8H2,1-3H3,(H,16,17). The van der Waals surface area contributed by atoms with Crippen LogP contribution in [0.5, 0.6) is 0 Å². The number of hydrogen-bond acceptors (Lipinski definition) is 1. The normalized spacial score (nSPS) is 12.2. The zero-order valence-corrected chi connectivity index (χ0v) is 11.5. The van der Waals surface area contributed by atoms with Crippen molar-refractivity contribution >= 4 is 17.5 Å². The number of benzene rings is 1. The van der Waals surface area contributed by atoms with Crippen molar-refractivity contribution in [2.24, 2.45) is 0 Å². The summed E-state index contributed by atoms with van der Waals surface area (Å²) in [5.41, 5.74) is 3.07. The van der Waals surface area contributed by atoms with Crippen LogP contribution in [-0.4, -0.2) is 17.8 Å². The molecule has 0 aliphatic rings. The molecular weight excluding hydrogens is 234 g/mol. The maximum absolute atomic E-state index is 12.0. The summed E-state index contributed by atoms with van der Waals surface area (Å²) in [6.07, 6.45) is 1.72. The fourth-order valence-electron chi connectivity index (χ4n) is 1.66.